The quantitative estimate of drug-likeness (QED) is 0.489. The third-order valence-electron chi connectivity index (χ3n) is 4.19. The second kappa shape index (κ2) is 12.0. The van der Waals surface area contributed by atoms with Gasteiger partial charge < -0.3 is 9.64 Å². The van der Waals surface area contributed by atoms with Crippen LogP contribution in [-0.4, -0.2) is 31.0 Å². The highest BCUT2D eigenvalue weighted by Crippen LogP contribution is 2.14. The molecule has 0 radical (unpaired) electrons. The van der Waals surface area contributed by atoms with Crippen molar-refractivity contribution in [2.24, 2.45) is 0 Å². The van der Waals surface area contributed by atoms with E-state index in [1.54, 1.807) is 7.11 Å². The van der Waals surface area contributed by atoms with E-state index in [0.29, 0.717) is 0 Å². The lowest BCUT2D eigenvalue weighted by Gasteiger charge is -2.23. The van der Waals surface area contributed by atoms with Crippen LogP contribution in [0.1, 0.15) is 75.6 Å². The van der Waals surface area contributed by atoms with Gasteiger partial charge in [-0.25, -0.2) is 0 Å². The van der Waals surface area contributed by atoms with Crippen molar-refractivity contribution in [3.63, 3.8) is 0 Å². The van der Waals surface area contributed by atoms with E-state index < -0.39 is 0 Å². The van der Waals surface area contributed by atoms with E-state index in [0.717, 1.165) is 43.7 Å². The number of carbonyl (C=O) groups is 1. The third kappa shape index (κ3) is 7.54. The van der Waals surface area contributed by atoms with Crippen molar-refractivity contribution in [3.8, 4) is 5.75 Å². The molecule has 0 unspecified atom stereocenters. The molecule has 0 heterocycles. The Bertz CT molecular complexity index is 428. The summed E-state index contributed by atoms with van der Waals surface area (Å²) in [5.74, 6) is 0.937. The second-order valence-electron chi connectivity index (χ2n) is 6.14. The first-order valence-electron chi connectivity index (χ1n) is 9.16. The molecule has 0 aliphatic heterocycles. The van der Waals surface area contributed by atoms with Crippen LogP contribution < -0.4 is 4.74 Å². The van der Waals surface area contributed by atoms with Crippen molar-refractivity contribution in [2.45, 2.75) is 65.2 Å². The van der Waals surface area contributed by atoms with Crippen molar-refractivity contribution in [1.29, 1.82) is 0 Å². The Kier molecular flexibility index (Phi) is 10.2. The van der Waals surface area contributed by atoms with Crippen LogP contribution in [0.4, 0.5) is 0 Å². The average molecular weight is 319 g/mol. The van der Waals surface area contributed by atoms with Gasteiger partial charge in [0.15, 0.2) is 0 Å². The highest BCUT2D eigenvalue weighted by atomic mass is 16.5. The van der Waals surface area contributed by atoms with E-state index >= 15 is 0 Å². The van der Waals surface area contributed by atoms with Crippen molar-refractivity contribution in [3.05, 3.63) is 29.8 Å². The lowest BCUT2D eigenvalue weighted by atomic mass is 10.1. The fourth-order valence-corrected chi connectivity index (χ4v) is 2.66. The number of nitrogens with zero attached hydrogens (tertiary/aromatic N) is 1. The van der Waals surface area contributed by atoms with Crippen LogP contribution >= 0.6 is 0 Å². The molecule has 1 aromatic carbocycles. The lowest BCUT2D eigenvalue weighted by Crippen LogP contribution is -2.33. The minimum atomic E-state index is 0.148. The number of hydrogen-bond acceptors (Lipinski definition) is 2. The molecule has 1 aromatic rings. The van der Waals surface area contributed by atoms with Gasteiger partial charge in [0.1, 0.15) is 5.75 Å². The van der Waals surface area contributed by atoms with Gasteiger partial charge in [0.05, 0.1) is 7.11 Å². The minimum Gasteiger partial charge on any atom is -0.497 e. The van der Waals surface area contributed by atoms with Crippen LogP contribution in [0.15, 0.2) is 24.3 Å². The Hall–Kier alpha value is -1.51. The molecule has 1 rings (SSSR count). The van der Waals surface area contributed by atoms with E-state index in [2.05, 4.69) is 13.8 Å². The number of methoxy groups -OCH3 is 1. The van der Waals surface area contributed by atoms with Gasteiger partial charge in [-0.1, -0.05) is 52.4 Å². The standard InChI is InChI=1S/C20H33NO2/c1-4-6-8-9-10-11-17-21(16-7-5-2)20(22)18-12-14-19(23-3)15-13-18/h12-15H,4-11,16-17H2,1-3H3. The summed E-state index contributed by atoms with van der Waals surface area (Å²) in [6, 6.07) is 7.44. The van der Waals surface area contributed by atoms with Crippen molar-refractivity contribution < 1.29 is 9.53 Å². The number of hydrogen-bond donors (Lipinski definition) is 0. The Labute approximate surface area is 142 Å². The fraction of sp³-hybridized carbons (Fsp3) is 0.650. The zero-order valence-corrected chi connectivity index (χ0v) is 15.1. The largest absolute Gasteiger partial charge is 0.497 e. The van der Waals surface area contributed by atoms with E-state index in [-0.39, 0.29) is 5.91 Å². The van der Waals surface area contributed by atoms with Gasteiger partial charge in [0.25, 0.3) is 5.91 Å². The average Bonchev–Trinajstić information content (AvgIpc) is 2.60. The number of amides is 1. The summed E-state index contributed by atoms with van der Waals surface area (Å²) in [4.78, 5) is 14.7. The van der Waals surface area contributed by atoms with Crippen LogP contribution in [0.25, 0.3) is 0 Å². The predicted octanol–water partition coefficient (Wildman–Crippen LogP) is 5.30. The van der Waals surface area contributed by atoms with Gasteiger partial charge in [-0.2, -0.15) is 0 Å². The van der Waals surface area contributed by atoms with Gasteiger partial charge in [0.2, 0.25) is 0 Å². The molecule has 0 saturated carbocycles. The van der Waals surface area contributed by atoms with Gasteiger partial charge in [-0.15, -0.1) is 0 Å². The lowest BCUT2D eigenvalue weighted by molar-refractivity contribution is 0.0750. The fourth-order valence-electron chi connectivity index (χ4n) is 2.66. The maximum absolute atomic E-state index is 12.7. The monoisotopic (exact) mass is 319 g/mol. The molecular weight excluding hydrogens is 286 g/mol. The number of rotatable bonds is 12. The molecule has 0 bridgehead atoms. The summed E-state index contributed by atoms with van der Waals surface area (Å²) in [6.07, 6.45) is 9.71. The molecule has 0 atom stereocenters. The van der Waals surface area contributed by atoms with Crippen LogP contribution in [0, 0.1) is 0 Å². The van der Waals surface area contributed by atoms with Gasteiger partial charge in [-0.05, 0) is 37.1 Å². The molecular formula is C20H33NO2. The van der Waals surface area contributed by atoms with E-state index in [4.69, 9.17) is 4.74 Å². The van der Waals surface area contributed by atoms with E-state index in [1.165, 1.54) is 32.1 Å². The maximum atomic E-state index is 12.7. The summed E-state index contributed by atoms with van der Waals surface area (Å²) in [5, 5.41) is 0. The smallest absolute Gasteiger partial charge is 0.253 e. The molecule has 0 aromatic heterocycles. The molecule has 0 saturated heterocycles. The SMILES string of the molecule is CCCCCCCCN(CCCC)C(=O)c1ccc(OC)cc1. The Morgan fingerprint density at radius 1 is 0.870 bits per heavy atom. The number of carbonyl (C=O) groups excluding carboxylic acids is 1. The van der Waals surface area contributed by atoms with Crippen LogP contribution in [-0.2, 0) is 0 Å². The summed E-state index contributed by atoms with van der Waals surface area (Å²) in [7, 11) is 1.64. The van der Waals surface area contributed by atoms with Gasteiger partial charge >= 0.3 is 0 Å². The molecule has 1 amide bonds. The van der Waals surface area contributed by atoms with Gasteiger partial charge in [-0.3, -0.25) is 4.79 Å². The first kappa shape index (κ1) is 19.5. The minimum absolute atomic E-state index is 0.148. The predicted molar refractivity (Wildman–Crippen MR) is 97.2 cm³/mol. The summed E-state index contributed by atoms with van der Waals surface area (Å²) >= 11 is 0. The van der Waals surface area contributed by atoms with Crippen molar-refractivity contribution >= 4 is 5.91 Å². The highest BCUT2D eigenvalue weighted by Gasteiger charge is 2.14. The molecule has 0 fully saturated rings. The molecule has 3 nitrogen and oxygen atoms in total. The Balaban J connectivity index is 2.51. The summed E-state index contributed by atoms with van der Waals surface area (Å²) in [6.45, 7) is 6.13. The normalized spacial score (nSPS) is 10.6. The highest BCUT2D eigenvalue weighted by molar-refractivity contribution is 5.94. The first-order valence-corrected chi connectivity index (χ1v) is 9.16. The van der Waals surface area contributed by atoms with Gasteiger partial charge in [0, 0.05) is 18.7 Å². The molecule has 0 aliphatic rings. The molecule has 0 spiro atoms. The van der Waals surface area contributed by atoms with Crippen LogP contribution in [0.2, 0.25) is 0 Å². The van der Waals surface area contributed by atoms with Crippen LogP contribution in [0.5, 0.6) is 5.75 Å². The van der Waals surface area contributed by atoms with E-state index in [9.17, 15) is 4.79 Å². The zero-order chi connectivity index (χ0) is 16.9. The van der Waals surface area contributed by atoms with Crippen molar-refractivity contribution in [2.75, 3.05) is 20.2 Å². The first-order chi connectivity index (χ1) is 11.2. The zero-order valence-electron chi connectivity index (χ0n) is 15.1. The third-order valence-corrected chi connectivity index (χ3v) is 4.19. The molecule has 0 aliphatic carbocycles. The van der Waals surface area contributed by atoms with Crippen LogP contribution in [0.3, 0.4) is 0 Å². The number of unbranched alkanes of at least 4 members (excludes halogenated alkanes) is 6. The number of benzene rings is 1. The summed E-state index contributed by atoms with van der Waals surface area (Å²) in [5.41, 5.74) is 0.757. The topological polar surface area (TPSA) is 29.5 Å². The second-order valence-corrected chi connectivity index (χ2v) is 6.14. The molecule has 0 N–H and O–H groups in total. The number of ether oxygens (including phenoxy) is 1. The van der Waals surface area contributed by atoms with E-state index in [1.807, 2.05) is 29.2 Å². The Morgan fingerprint density at radius 3 is 2.04 bits per heavy atom. The van der Waals surface area contributed by atoms with Crippen molar-refractivity contribution in [1.82, 2.24) is 4.90 Å². The molecule has 130 valence electrons. The maximum Gasteiger partial charge on any atom is 0.253 e. The molecule has 3 heteroatoms. The summed E-state index contributed by atoms with van der Waals surface area (Å²) < 4.78 is 5.16. The Morgan fingerprint density at radius 2 is 1.43 bits per heavy atom. The molecule has 23 heavy (non-hydrogen) atoms.